The third-order valence-corrected chi connectivity index (χ3v) is 6.66. The van der Waals surface area contributed by atoms with Crippen molar-refractivity contribution in [2.75, 3.05) is 18.6 Å². The summed E-state index contributed by atoms with van der Waals surface area (Å²) in [5.74, 6) is -0.0293. The number of methoxy groups -OCH3 is 1. The Hall–Kier alpha value is -4.16. The minimum Gasteiger partial charge on any atom is -0.477 e. The number of rotatable bonds is 6. The van der Waals surface area contributed by atoms with Crippen molar-refractivity contribution in [3.8, 4) is 5.75 Å². The summed E-state index contributed by atoms with van der Waals surface area (Å²) in [7, 11) is 1.35. The van der Waals surface area contributed by atoms with Crippen LogP contribution in [0.25, 0.3) is 10.8 Å². The van der Waals surface area contributed by atoms with Gasteiger partial charge in [-0.2, -0.15) is 0 Å². The number of amides is 1. The van der Waals surface area contributed by atoms with Crippen LogP contribution in [0, 0.1) is 6.92 Å². The molecule has 2 atom stereocenters. The van der Waals surface area contributed by atoms with Gasteiger partial charge in [-0.25, -0.2) is 4.79 Å². The summed E-state index contributed by atoms with van der Waals surface area (Å²) in [6.07, 6.45) is -0.736. The lowest BCUT2D eigenvalue weighted by Crippen LogP contribution is -2.48. The third-order valence-electron chi connectivity index (χ3n) is 6.66. The van der Waals surface area contributed by atoms with Crippen molar-refractivity contribution in [3.05, 3.63) is 102 Å². The Morgan fingerprint density at radius 3 is 2.61 bits per heavy atom. The highest BCUT2D eigenvalue weighted by Gasteiger charge is 2.36. The van der Waals surface area contributed by atoms with Gasteiger partial charge in [-0.15, -0.1) is 0 Å². The van der Waals surface area contributed by atoms with Crippen LogP contribution in [0.5, 0.6) is 5.75 Å². The van der Waals surface area contributed by atoms with Gasteiger partial charge in [-0.3, -0.25) is 9.69 Å². The van der Waals surface area contributed by atoms with Gasteiger partial charge in [0, 0.05) is 12.6 Å². The molecular weight excluding hydrogens is 452 g/mol. The number of nitrogens with zero attached hydrogens (tertiary/aromatic N) is 1. The van der Waals surface area contributed by atoms with Crippen LogP contribution in [0.2, 0.25) is 0 Å². The number of hydrogen-bond acceptors (Lipinski definition) is 5. The number of carbonyl (C=O) groups is 2. The predicted molar refractivity (Wildman–Crippen MR) is 141 cm³/mol. The number of carbonyl (C=O) groups excluding carboxylic acids is 2. The highest BCUT2D eigenvalue weighted by atomic mass is 16.5. The number of nitrogens with one attached hydrogen (secondary N) is 1. The molecule has 5 rings (SSSR count). The molecule has 0 aromatic heterocycles. The molecule has 0 saturated heterocycles. The van der Waals surface area contributed by atoms with Gasteiger partial charge in [0.1, 0.15) is 5.75 Å². The smallest absolute Gasteiger partial charge is 0.338 e. The summed E-state index contributed by atoms with van der Waals surface area (Å²) in [5, 5.41) is 5.85. The Balaban J connectivity index is 1.44. The average Bonchev–Trinajstić information content (AvgIpc) is 2.91. The van der Waals surface area contributed by atoms with Crippen molar-refractivity contribution in [3.63, 3.8) is 0 Å². The first-order valence-corrected chi connectivity index (χ1v) is 12.0. The number of fused-ring (bicyclic) bond motifs is 2. The molecule has 2 unspecified atom stereocenters. The molecule has 0 saturated carbocycles. The number of para-hydroxylation sites is 2. The summed E-state index contributed by atoms with van der Waals surface area (Å²) >= 11 is 0. The average molecular weight is 481 g/mol. The van der Waals surface area contributed by atoms with Crippen molar-refractivity contribution >= 4 is 34.0 Å². The van der Waals surface area contributed by atoms with Crippen LogP contribution in [0.1, 0.15) is 34.5 Å². The van der Waals surface area contributed by atoms with Crippen molar-refractivity contribution in [2.45, 2.75) is 26.0 Å². The maximum Gasteiger partial charge on any atom is 0.338 e. The van der Waals surface area contributed by atoms with E-state index >= 15 is 0 Å². The molecule has 1 N–H and O–H groups in total. The molecule has 0 bridgehead atoms. The second-order valence-electron chi connectivity index (χ2n) is 8.94. The zero-order valence-corrected chi connectivity index (χ0v) is 20.5. The molecule has 1 aliphatic rings. The van der Waals surface area contributed by atoms with Crippen LogP contribution in [0.4, 0.5) is 11.4 Å². The minimum absolute atomic E-state index is 0.00317. The number of aryl methyl sites for hydroxylation is 1. The van der Waals surface area contributed by atoms with Crippen molar-refractivity contribution in [1.29, 1.82) is 0 Å². The fraction of sp³-hybridized carbons (Fsp3) is 0.200. The first kappa shape index (κ1) is 23.6. The lowest BCUT2D eigenvalue weighted by Gasteiger charge is -2.35. The number of benzene rings is 4. The number of anilines is 2. The van der Waals surface area contributed by atoms with E-state index in [1.54, 1.807) is 11.0 Å². The molecule has 6 heteroatoms. The van der Waals surface area contributed by atoms with Gasteiger partial charge < -0.3 is 14.8 Å². The van der Waals surface area contributed by atoms with Crippen molar-refractivity contribution in [1.82, 2.24) is 5.32 Å². The van der Waals surface area contributed by atoms with E-state index in [1.165, 1.54) is 17.9 Å². The van der Waals surface area contributed by atoms with Crippen LogP contribution < -0.4 is 15.0 Å². The van der Waals surface area contributed by atoms with Gasteiger partial charge in [0.25, 0.3) is 5.91 Å². The lowest BCUT2D eigenvalue weighted by molar-refractivity contribution is -0.125. The highest BCUT2D eigenvalue weighted by molar-refractivity contribution is 6.07. The van der Waals surface area contributed by atoms with Gasteiger partial charge in [-0.1, -0.05) is 60.7 Å². The molecule has 4 aromatic carbocycles. The Morgan fingerprint density at radius 1 is 1.03 bits per heavy atom. The SMILES string of the molecule is COC(=O)c1cc(N2C(=O)C(CNC(C)c3cccc4ccccc34)Oc3ccccc32)ccc1C. The zero-order chi connectivity index (χ0) is 25.2. The van der Waals surface area contributed by atoms with E-state index in [-0.39, 0.29) is 11.9 Å². The Labute approximate surface area is 210 Å². The maximum atomic E-state index is 13.7. The highest BCUT2D eigenvalue weighted by Crippen LogP contribution is 2.39. The van der Waals surface area contributed by atoms with E-state index in [2.05, 4.69) is 36.5 Å². The van der Waals surface area contributed by atoms with Gasteiger partial charge in [0.2, 0.25) is 0 Å². The molecular formula is C30H28N2O4. The second-order valence-corrected chi connectivity index (χ2v) is 8.94. The van der Waals surface area contributed by atoms with Gasteiger partial charge in [-0.05, 0) is 60.0 Å². The fourth-order valence-electron chi connectivity index (χ4n) is 4.70. The first-order valence-electron chi connectivity index (χ1n) is 12.0. The molecule has 1 amide bonds. The number of ether oxygens (including phenoxy) is 2. The van der Waals surface area contributed by atoms with E-state index in [4.69, 9.17) is 9.47 Å². The summed E-state index contributed by atoms with van der Waals surface area (Å²) in [6.45, 7) is 4.25. The van der Waals surface area contributed by atoms with Gasteiger partial charge in [0.15, 0.2) is 6.10 Å². The molecule has 4 aromatic rings. The molecule has 1 aliphatic heterocycles. The third kappa shape index (κ3) is 4.32. The molecule has 182 valence electrons. The summed E-state index contributed by atoms with van der Waals surface area (Å²) in [5.41, 5.74) is 3.59. The lowest BCUT2D eigenvalue weighted by atomic mass is 9.99. The molecule has 0 radical (unpaired) electrons. The van der Waals surface area contributed by atoms with E-state index in [0.717, 1.165) is 11.1 Å². The summed E-state index contributed by atoms with van der Waals surface area (Å²) < 4.78 is 11.1. The summed E-state index contributed by atoms with van der Waals surface area (Å²) in [6, 6.07) is 27.3. The molecule has 0 aliphatic carbocycles. The van der Waals surface area contributed by atoms with Crippen molar-refractivity contribution in [2.24, 2.45) is 0 Å². The normalized spacial score (nSPS) is 15.8. The van der Waals surface area contributed by atoms with E-state index in [9.17, 15) is 9.59 Å². The standard InChI is InChI=1S/C30H28N2O4/c1-19-15-16-22(17-25(19)30(34)35-3)32-26-13-6-7-14-27(26)36-28(29(32)33)18-31-20(2)23-12-8-10-21-9-4-5-11-24(21)23/h4-17,20,28,31H,18H2,1-3H3. The monoisotopic (exact) mass is 480 g/mol. The van der Waals surface area contributed by atoms with Crippen LogP contribution in [0.15, 0.2) is 84.9 Å². The first-order chi connectivity index (χ1) is 17.5. The van der Waals surface area contributed by atoms with Crippen molar-refractivity contribution < 1.29 is 19.1 Å². The Bertz CT molecular complexity index is 1440. The largest absolute Gasteiger partial charge is 0.477 e. The second kappa shape index (κ2) is 9.84. The molecule has 0 fully saturated rings. The Kier molecular flexibility index (Phi) is 6.44. The summed E-state index contributed by atoms with van der Waals surface area (Å²) in [4.78, 5) is 27.7. The molecule has 6 nitrogen and oxygen atoms in total. The fourth-order valence-corrected chi connectivity index (χ4v) is 4.70. The number of hydrogen-bond donors (Lipinski definition) is 1. The molecule has 0 spiro atoms. The van der Waals surface area contributed by atoms with Crippen LogP contribution in [0.3, 0.4) is 0 Å². The van der Waals surface area contributed by atoms with E-state index in [0.29, 0.717) is 29.2 Å². The molecule has 1 heterocycles. The Morgan fingerprint density at radius 2 is 1.78 bits per heavy atom. The topological polar surface area (TPSA) is 67.9 Å². The van der Waals surface area contributed by atoms with Crippen LogP contribution >= 0.6 is 0 Å². The van der Waals surface area contributed by atoms with E-state index in [1.807, 2.05) is 61.5 Å². The minimum atomic E-state index is -0.736. The quantitative estimate of drug-likeness (QED) is 0.358. The number of esters is 1. The van der Waals surface area contributed by atoms with Gasteiger partial charge >= 0.3 is 5.97 Å². The zero-order valence-electron chi connectivity index (χ0n) is 20.5. The molecule has 36 heavy (non-hydrogen) atoms. The van der Waals surface area contributed by atoms with E-state index < -0.39 is 12.1 Å². The van der Waals surface area contributed by atoms with Crippen LogP contribution in [-0.4, -0.2) is 31.6 Å². The van der Waals surface area contributed by atoms with Crippen LogP contribution in [-0.2, 0) is 9.53 Å². The maximum absolute atomic E-state index is 13.7. The van der Waals surface area contributed by atoms with Gasteiger partial charge in [0.05, 0.1) is 24.0 Å². The predicted octanol–water partition coefficient (Wildman–Crippen LogP) is 5.71.